The van der Waals surface area contributed by atoms with E-state index in [1.165, 1.54) is 11.1 Å². The summed E-state index contributed by atoms with van der Waals surface area (Å²) in [6.07, 6.45) is 2.07. The van der Waals surface area contributed by atoms with Crippen molar-refractivity contribution in [2.75, 3.05) is 19.7 Å². The minimum atomic E-state index is 0.00929. The maximum Gasteiger partial charge on any atom is 0.260 e. The maximum absolute atomic E-state index is 12.3. The third-order valence-corrected chi connectivity index (χ3v) is 4.75. The van der Waals surface area contributed by atoms with Crippen molar-refractivity contribution in [2.24, 2.45) is 5.92 Å². The second-order valence-corrected chi connectivity index (χ2v) is 6.77. The van der Waals surface area contributed by atoms with E-state index in [1.54, 1.807) is 24.3 Å². The van der Waals surface area contributed by atoms with Crippen LogP contribution in [0.1, 0.15) is 23.1 Å². The van der Waals surface area contributed by atoms with E-state index >= 15 is 0 Å². The zero-order valence-electron chi connectivity index (χ0n) is 14.6. The Morgan fingerprint density at radius 1 is 1.12 bits per heavy atom. The Bertz CT molecular complexity index is 694. The Hall–Kier alpha value is -2.33. The Balaban J connectivity index is 1.46. The van der Waals surface area contributed by atoms with Crippen molar-refractivity contribution in [1.29, 1.82) is 0 Å². The number of amides is 1. The summed E-state index contributed by atoms with van der Waals surface area (Å²) in [4.78, 5) is 14.2. The molecule has 1 aliphatic rings. The largest absolute Gasteiger partial charge is 0.484 e. The van der Waals surface area contributed by atoms with E-state index in [9.17, 15) is 4.79 Å². The first-order valence-electron chi connectivity index (χ1n) is 8.80. The molecule has 1 saturated heterocycles. The molecule has 1 unspecified atom stereocenters. The molecule has 1 heterocycles. The van der Waals surface area contributed by atoms with Crippen LogP contribution in [0.4, 0.5) is 0 Å². The molecule has 0 radical (unpaired) electrons. The highest BCUT2D eigenvalue weighted by molar-refractivity contribution is 5.78. The molecule has 25 heavy (non-hydrogen) atoms. The minimum Gasteiger partial charge on any atom is -0.484 e. The topological polar surface area (TPSA) is 49.8 Å². The van der Waals surface area contributed by atoms with Gasteiger partial charge in [0.15, 0.2) is 6.61 Å². The lowest BCUT2D eigenvalue weighted by atomic mass is 9.98. The quantitative estimate of drug-likeness (QED) is 0.880. The van der Waals surface area contributed by atoms with Crippen LogP contribution in [0, 0.1) is 12.8 Å². The van der Waals surface area contributed by atoms with Gasteiger partial charge in [-0.1, -0.05) is 42.0 Å². The Labute approximate surface area is 149 Å². The molecule has 1 amide bonds. The Morgan fingerprint density at radius 2 is 1.80 bits per heavy atom. The van der Waals surface area contributed by atoms with Crippen LogP contribution in [0.25, 0.3) is 0 Å². The van der Waals surface area contributed by atoms with E-state index in [-0.39, 0.29) is 19.1 Å². The van der Waals surface area contributed by atoms with Crippen LogP contribution in [0.5, 0.6) is 5.75 Å². The van der Waals surface area contributed by atoms with Gasteiger partial charge in [0, 0.05) is 13.1 Å². The molecule has 4 nitrogen and oxygen atoms in total. The highest BCUT2D eigenvalue weighted by atomic mass is 16.5. The highest BCUT2D eigenvalue weighted by Gasteiger charge is 2.26. The van der Waals surface area contributed by atoms with Crippen molar-refractivity contribution < 1.29 is 14.6 Å². The Morgan fingerprint density at radius 3 is 2.48 bits per heavy atom. The van der Waals surface area contributed by atoms with Crippen LogP contribution < -0.4 is 4.74 Å². The molecule has 1 aliphatic heterocycles. The molecule has 0 aliphatic carbocycles. The summed E-state index contributed by atoms with van der Waals surface area (Å²) < 4.78 is 5.57. The van der Waals surface area contributed by atoms with Gasteiger partial charge in [0.05, 0.1) is 6.61 Å². The number of hydrogen-bond acceptors (Lipinski definition) is 3. The summed E-state index contributed by atoms with van der Waals surface area (Å²) in [5.74, 6) is 1.22. The first-order chi connectivity index (χ1) is 12.1. The van der Waals surface area contributed by atoms with E-state index in [2.05, 4.69) is 31.2 Å². The van der Waals surface area contributed by atoms with E-state index in [4.69, 9.17) is 9.84 Å². The van der Waals surface area contributed by atoms with Crippen LogP contribution in [-0.2, 0) is 17.8 Å². The number of hydrogen-bond donors (Lipinski definition) is 1. The molecule has 132 valence electrons. The maximum atomic E-state index is 12.3. The predicted octanol–water partition coefficient (Wildman–Crippen LogP) is 2.96. The lowest BCUT2D eigenvalue weighted by Crippen LogP contribution is -2.33. The SMILES string of the molecule is Cc1ccc(CC2CCN(C(=O)COc3ccc(CO)cc3)C2)cc1. The Kier molecular flexibility index (Phi) is 5.71. The molecule has 2 aromatic carbocycles. The highest BCUT2D eigenvalue weighted by Crippen LogP contribution is 2.21. The van der Waals surface area contributed by atoms with Crippen LogP contribution in [0.2, 0.25) is 0 Å². The summed E-state index contributed by atoms with van der Waals surface area (Å²) in [5, 5.41) is 9.03. The third kappa shape index (κ3) is 4.83. The molecule has 0 spiro atoms. The van der Waals surface area contributed by atoms with Crippen molar-refractivity contribution in [3.63, 3.8) is 0 Å². The van der Waals surface area contributed by atoms with Gasteiger partial charge in [-0.3, -0.25) is 4.79 Å². The van der Waals surface area contributed by atoms with Crippen LogP contribution in [0.15, 0.2) is 48.5 Å². The number of aryl methyl sites for hydroxylation is 1. The van der Waals surface area contributed by atoms with Crippen molar-refractivity contribution >= 4 is 5.91 Å². The average Bonchev–Trinajstić information content (AvgIpc) is 3.10. The van der Waals surface area contributed by atoms with Crippen LogP contribution in [0.3, 0.4) is 0 Å². The van der Waals surface area contributed by atoms with Gasteiger partial charge in [-0.2, -0.15) is 0 Å². The fourth-order valence-electron chi connectivity index (χ4n) is 3.21. The molecular formula is C21H25NO3. The van der Waals surface area contributed by atoms with E-state index < -0.39 is 0 Å². The second kappa shape index (κ2) is 8.17. The van der Waals surface area contributed by atoms with E-state index in [1.807, 2.05) is 4.90 Å². The number of ether oxygens (including phenoxy) is 1. The standard InChI is InChI=1S/C21H25NO3/c1-16-2-4-17(5-3-16)12-19-10-11-22(13-19)21(24)15-25-20-8-6-18(14-23)7-9-20/h2-9,19,23H,10-15H2,1H3. The van der Waals surface area contributed by atoms with E-state index in [0.717, 1.165) is 31.5 Å². The summed E-state index contributed by atoms with van der Waals surface area (Å²) in [6.45, 7) is 3.78. The summed E-state index contributed by atoms with van der Waals surface area (Å²) in [6, 6.07) is 15.8. The number of likely N-dealkylation sites (tertiary alicyclic amines) is 1. The number of aliphatic hydroxyl groups excluding tert-OH is 1. The molecule has 3 rings (SSSR count). The summed E-state index contributed by atoms with van der Waals surface area (Å²) >= 11 is 0. The van der Waals surface area contributed by atoms with Gasteiger partial charge in [-0.25, -0.2) is 0 Å². The number of carbonyl (C=O) groups excluding carboxylic acids is 1. The van der Waals surface area contributed by atoms with Gasteiger partial charge in [0.25, 0.3) is 5.91 Å². The molecule has 4 heteroatoms. The van der Waals surface area contributed by atoms with Crippen LogP contribution in [-0.4, -0.2) is 35.6 Å². The number of benzene rings is 2. The number of aliphatic hydroxyl groups is 1. The van der Waals surface area contributed by atoms with Crippen molar-refractivity contribution in [2.45, 2.75) is 26.4 Å². The average molecular weight is 339 g/mol. The molecule has 1 N–H and O–H groups in total. The molecule has 2 aromatic rings. The minimum absolute atomic E-state index is 0.00929. The van der Waals surface area contributed by atoms with Gasteiger partial charge in [0.1, 0.15) is 5.75 Å². The number of nitrogens with zero attached hydrogens (tertiary/aromatic N) is 1. The molecule has 0 bridgehead atoms. The normalized spacial score (nSPS) is 16.9. The first kappa shape index (κ1) is 17.5. The monoisotopic (exact) mass is 339 g/mol. The fourth-order valence-corrected chi connectivity index (χ4v) is 3.21. The zero-order valence-corrected chi connectivity index (χ0v) is 14.6. The number of rotatable bonds is 6. The third-order valence-electron chi connectivity index (χ3n) is 4.75. The van der Waals surface area contributed by atoms with Gasteiger partial charge < -0.3 is 14.7 Å². The van der Waals surface area contributed by atoms with Crippen molar-refractivity contribution in [3.8, 4) is 5.75 Å². The fraction of sp³-hybridized carbons (Fsp3) is 0.381. The molecule has 0 saturated carbocycles. The summed E-state index contributed by atoms with van der Waals surface area (Å²) in [5.41, 5.74) is 3.44. The van der Waals surface area contributed by atoms with Gasteiger partial charge >= 0.3 is 0 Å². The molecular weight excluding hydrogens is 314 g/mol. The van der Waals surface area contributed by atoms with E-state index in [0.29, 0.717) is 11.7 Å². The summed E-state index contributed by atoms with van der Waals surface area (Å²) in [7, 11) is 0. The molecule has 0 aromatic heterocycles. The van der Waals surface area contributed by atoms with Crippen LogP contribution >= 0.6 is 0 Å². The van der Waals surface area contributed by atoms with Gasteiger partial charge in [-0.15, -0.1) is 0 Å². The molecule has 1 atom stereocenters. The predicted molar refractivity (Wildman–Crippen MR) is 97.4 cm³/mol. The van der Waals surface area contributed by atoms with Gasteiger partial charge in [-0.05, 0) is 48.9 Å². The smallest absolute Gasteiger partial charge is 0.260 e. The van der Waals surface area contributed by atoms with Crippen molar-refractivity contribution in [1.82, 2.24) is 4.90 Å². The lowest BCUT2D eigenvalue weighted by molar-refractivity contribution is -0.132. The molecule has 1 fully saturated rings. The first-order valence-corrected chi connectivity index (χ1v) is 8.80. The zero-order chi connectivity index (χ0) is 17.6. The second-order valence-electron chi connectivity index (χ2n) is 6.77. The number of carbonyl (C=O) groups is 1. The lowest BCUT2D eigenvalue weighted by Gasteiger charge is -2.17. The van der Waals surface area contributed by atoms with Crippen molar-refractivity contribution in [3.05, 3.63) is 65.2 Å². The van der Waals surface area contributed by atoms with Gasteiger partial charge in [0.2, 0.25) is 0 Å².